The summed E-state index contributed by atoms with van der Waals surface area (Å²) in [6, 6.07) is 23.8. The molecule has 2 aromatic heterocycles. The minimum absolute atomic E-state index is 0.116. The first-order valence-electron chi connectivity index (χ1n) is 11.0. The summed E-state index contributed by atoms with van der Waals surface area (Å²) in [4.78, 5) is 21.9. The van der Waals surface area contributed by atoms with E-state index in [1.807, 2.05) is 85.9 Å². The van der Waals surface area contributed by atoms with Gasteiger partial charge in [0.05, 0.1) is 5.69 Å². The maximum Gasteiger partial charge on any atom is 0.283 e. The molecule has 0 atom stereocenters. The van der Waals surface area contributed by atoms with Crippen LogP contribution in [0.15, 0.2) is 88.9 Å². The number of nitrogens with one attached hydrogen (secondary N) is 1. The Morgan fingerprint density at radius 3 is 2.65 bits per heavy atom. The lowest BCUT2D eigenvalue weighted by atomic mass is 10.1. The van der Waals surface area contributed by atoms with Crippen LogP contribution in [0.1, 0.15) is 11.1 Å². The van der Waals surface area contributed by atoms with Gasteiger partial charge in [-0.1, -0.05) is 66.4 Å². The van der Waals surface area contributed by atoms with Crippen molar-refractivity contribution in [3.05, 3.63) is 100 Å². The molecule has 0 spiro atoms. The van der Waals surface area contributed by atoms with E-state index < -0.39 is 0 Å². The first kappa shape index (κ1) is 20.6. The van der Waals surface area contributed by atoms with Crippen molar-refractivity contribution >= 4 is 22.8 Å². The van der Waals surface area contributed by atoms with E-state index in [9.17, 15) is 4.79 Å². The first-order chi connectivity index (χ1) is 16.7. The fraction of sp³-hybridized carbons (Fsp3) is 0.111. The summed E-state index contributed by atoms with van der Waals surface area (Å²) < 4.78 is 12.7. The number of benzene rings is 3. The van der Waals surface area contributed by atoms with E-state index in [-0.39, 0.29) is 12.4 Å². The van der Waals surface area contributed by atoms with E-state index >= 15 is 0 Å². The second-order valence-electron chi connectivity index (χ2n) is 8.09. The summed E-state index contributed by atoms with van der Waals surface area (Å²) >= 11 is 1.53. The van der Waals surface area contributed by atoms with Crippen LogP contribution in [-0.4, -0.2) is 21.3 Å². The highest BCUT2D eigenvalue weighted by atomic mass is 32.2. The quantitative estimate of drug-likeness (QED) is 0.265. The minimum Gasteiger partial charge on any atom is -0.454 e. The second-order valence-corrected chi connectivity index (χ2v) is 9.03. The van der Waals surface area contributed by atoms with Crippen molar-refractivity contribution in [1.29, 1.82) is 0 Å². The molecule has 0 fully saturated rings. The molecule has 7 heteroatoms. The molecule has 1 aliphatic heterocycles. The molecule has 0 aliphatic carbocycles. The molecular weight excluding hydrogens is 446 g/mol. The number of para-hydroxylation sites is 1. The van der Waals surface area contributed by atoms with E-state index in [2.05, 4.69) is 4.98 Å². The third kappa shape index (κ3) is 3.54. The van der Waals surface area contributed by atoms with Gasteiger partial charge in [-0.25, -0.2) is 4.98 Å². The van der Waals surface area contributed by atoms with Gasteiger partial charge in [-0.2, -0.15) is 0 Å². The Balaban J connectivity index is 1.49. The van der Waals surface area contributed by atoms with Crippen molar-refractivity contribution in [2.75, 3.05) is 6.79 Å². The number of thioether (sulfide) groups is 1. The minimum atomic E-state index is -0.116. The molecule has 0 amide bonds. The Morgan fingerprint density at radius 2 is 1.79 bits per heavy atom. The number of H-pyrrole nitrogens is 1. The molecule has 5 aromatic rings. The molecule has 0 unspecified atom stereocenters. The highest BCUT2D eigenvalue weighted by molar-refractivity contribution is 7.98. The van der Waals surface area contributed by atoms with E-state index in [0.717, 1.165) is 39.4 Å². The fourth-order valence-electron chi connectivity index (χ4n) is 4.18. The summed E-state index contributed by atoms with van der Waals surface area (Å²) in [6.45, 7) is 2.25. The number of fused-ring (bicyclic) bond motifs is 2. The van der Waals surface area contributed by atoms with Gasteiger partial charge in [-0.05, 0) is 41.8 Å². The van der Waals surface area contributed by atoms with Crippen molar-refractivity contribution in [1.82, 2.24) is 14.5 Å². The Hall–Kier alpha value is -3.97. The molecule has 6 nitrogen and oxygen atoms in total. The number of aromatic nitrogens is 3. The van der Waals surface area contributed by atoms with Gasteiger partial charge in [0.2, 0.25) is 6.79 Å². The average molecular weight is 468 g/mol. The molecule has 0 radical (unpaired) electrons. The van der Waals surface area contributed by atoms with E-state index in [1.165, 1.54) is 11.8 Å². The summed E-state index contributed by atoms with van der Waals surface area (Å²) in [5.74, 6) is 2.13. The number of aryl methyl sites for hydroxylation is 1. The van der Waals surface area contributed by atoms with Crippen LogP contribution in [0.25, 0.3) is 27.8 Å². The predicted octanol–water partition coefficient (Wildman–Crippen LogP) is 5.71. The van der Waals surface area contributed by atoms with Crippen LogP contribution in [0.3, 0.4) is 0 Å². The summed E-state index contributed by atoms with van der Waals surface area (Å²) in [7, 11) is 0. The number of nitrogens with zero attached hydrogens (tertiary/aromatic N) is 2. The molecule has 3 aromatic carbocycles. The van der Waals surface area contributed by atoms with Gasteiger partial charge >= 0.3 is 0 Å². The molecular formula is C27H21N3O3S. The Kier molecular flexibility index (Phi) is 5.11. The van der Waals surface area contributed by atoms with Crippen molar-refractivity contribution in [3.8, 4) is 28.3 Å². The second kappa shape index (κ2) is 8.43. The fourth-order valence-corrected chi connectivity index (χ4v) is 5.12. The normalized spacial score (nSPS) is 12.4. The van der Waals surface area contributed by atoms with E-state index in [1.54, 1.807) is 4.57 Å². The molecule has 168 valence electrons. The van der Waals surface area contributed by atoms with Gasteiger partial charge in [0.25, 0.3) is 5.56 Å². The lowest BCUT2D eigenvalue weighted by Gasteiger charge is -2.14. The number of ether oxygens (including phenoxy) is 2. The molecule has 3 heterocycles. The van der Waals surface area contributed by atoms with Gasteiger partial charge in [0.15, 0.2) is 16.7 Å². The zero-order valence-electron chi connectivity index (χ0n) is 18.4. The van der Waals surface area contributed by atoms with Gasteiger partial charge in [0.1, 0.15) is 11.0 Å². The zero-order chi connectivity index (χ0) is 23.1. The smallest absolute Gasteiger partial charge is 0.283 e. The maximum absolute atomic E-state index is 13.8. The average Bonchev–Trinajstić information content (AvgIpc) is 3.51. The summed E-state index contributed by atoms with van der Waals surface area (Å²) in [5.41, 5.74) is 5.88. The van der Waals surface area contributed by atoms with Gasteiger partial charge in [-0.15, -0.1) is 0 Å². The van der Waals surface area contributed by atoms with E-state index in [0.29, 0.717) is 21.9 Å². The lowest BCUT2D eigenvalue weighted by Crippen LogP contribution is -2.22. The molecule has 6 rings (SSSR count). The van der Waals surface area contributed by atoms with Crippen molar-refractivity contribution < 1.29 is 9.47 Å². The third-order valence-corrected chi connectivity index (χ3v) is 6.92. The van der Waals surface area contributed by atoms with Crippen molar-refractivity contribution in [2.24, 2.45) is 0 Å². The van der Waals surface area contributed by atoms with Crippen LogP contribution in [-0.2, 0) is 5.75 Å². The Bertz CT molecular complexity index is 1570. The van der Waals surface area contributed by atoms with Crippen molar-refractivity contribution in [2.45, 2.75) is 17.8 Å². The zero-order valence-corrected chi connectivity index (χ0v) is 19.3. The first-order valence-corrected chi connectivity index (χ1v) is 11.9. The van der Waals surface area contributed by atoms with Gasteiger partial charge in [-0.3, -0.25) is 9.36 Å². The number of hydrogen-bond donors (Lipinski definition) is 1. The standard InChI is InChI=1S/C27H21N3O3S/c1-17-7-5-6-10-21(17)30-26(31)25-24(20(14-28-25)19-8-3-2-4-9-19)29-27(30)34-15-18-11-12-22-23(13-18)33-16-32-22/h2-14,28H,15-16H2,1H3. The lowest BCUT2D eigenvalue weighted by molar-refractivity contribution is 0.174. The molecule has 34 heavy (non-hydrogen) atoms. The summed E-state index contributed by atoms with van der Waals surface area (Å²) in [5, 5.41) is 0.640. The molecule has 1 aliphatic rings. The highest BCUT2D eigenvalue weighted by Gasteiger charge is 2.19. The number of rotatable bonds is 5. The molecule has 0 saturated carbocycles. The highest BCUT2D eigenvalue weighted by Crippen LogP contribution is 2.35. The Labute approximate surface area is 200 Å². The molecule has 0 saturated heterocycles. The predicted molar refractivity (Wildman–Crippen MR) is 134 cm³/mol. The largest absolute Gasteiger partial charge is 0.454 e. The maximum atomic E-state index is 13.8. The van der Waals surface area contributed by atoms with Crippen LogP contribution in [0, 0.1) is 6.92 Å². The summed E-state index contributed by atoms with van der Waals surface area (Å²) in [6.07, 6.45) is 1.86. The SMILES string of the molecule is Cc1ccccc1-n1c(SCc2ccc3c(c2)OCO3)nc2c(-c3ccccc3)c[nH]c2c1=O. The number of aromatic amines is 1. The Morgan fingerprint density at radius 1 is 1.00 bits per heavy atom. The monoisotopic (exact) mass is 467 g/mol. The van der Waals surface area contributed by atoms with Crippen LogP contribution >= 0.6 is 11.8 Å². The number of hydrogen-bond acceptors (Lipinski definition) is 5. The molecule has 1 N–H and O–H groups in total. The van der Waals surface area contributed by atoms with Crippen LogP contribution in [0.4, 0.5) is 0 Å². The topological polar surface area (TPSA) is 69.1 Å². The van der Waals surface area contributed by atoms with Crippen LogP contribution in [0.2, 0.25) is 0 Å². The van der Waals surface area contributed by atoms with E-state index in [4.69, 9.17) is 14.5 Å². The third-order valence-electron chi connectivity index (χ3n) is 5.91. The van der Waals surface area contributed by atoms with Gasteiger partial charge in [0, 0.05) is 17.5 Å². The van der Waals surface area contributed by atoms with Gasteiger partial charge < -0.3 is 14.5 Å². The molecule has 0 bridgehead atoms. The van der Waals surface area contributed by atoms with Crippen molar-refractivity contribution in [3.63, 3.8) is 0 Å². The van der Waals surface area contributed by atoms with Crippen LogP contribution in [0.5, 0.6) is 11.5 Å². The van der Waals surface area contributed by atoms with Crippen LogP contribution < -0.4 is 15.0 Å².